The number of amides is 1. The number of primary amides is 1. The molecule has 1 amide bonds. The molecule has 0 aliphatic heterocycles. The molecule has 4 aromatic rings. The van der Waals surface area contributed by atoms with Crippen LogP contribution in [0.1, 0.15) is 16.1 Å². The van der Waals surface area contributed by atoms with Gasteiger partial charge in [-0.3, -0.25) is 9.89 Å². The SMILES string of the molecule is NC(=O)c1ccc2ncc(-c3cc(C(F)(F)F)cc4[nH]ncc34)n2n1. The second-order valence-corrected chi connectivity index (χ2v) is 5.35. The molecule has 0 spiro atoms. The topological polar surface area (TPSA) is 102 Å². The molecule has 3 heterocycles. The van der Waals surface area contributed by atoms with E-state index in [1.54, 1.807) is 0 Å². The normalized spacial score (nSPS) is 12.1. The molecule has 10 heteroatoms. The van der Waals surface area contributed by atoms with Gasteiger partial charge in [-0.15, -0.1) is 0 Å². The van der Waals surface area contributed by atoms with E-state index in [0.717, 1.165) is 12.1 Å². The van der Waals surface area contributed by atoms with Gasteiger partial charge in [0.1, 0.15) is 5.69 Å². The van der Waals surface area contributed by atoms with Crippen molar-refractivity contribution in [3.8, 4) is 11.3 Å². The Bertz CT molecular complexity index is 1130. The summed E-state index contributed by atoms with van der Waals surface area (Å²) in [5.74, 6) is -0.751. The highest BCUT2D eigenvalue weighted by molar-refractivity contribution is 5.95. The number of rotatable bonds is 2. The number of halogens is 3. The third-order valence-electron chi connectivity index (χ3n) is 3.78. The molecule has 0 fully saturated rings. The van der Waals surface area contributed by atoms with Crippen LogP contribution in [-0.4, -0.2) is 30.7 Å². The van der Waals surface area contributed by atoms with E-state index in [2.05, 4.69) is 20.3 Å². The van der Waals surface area contributed by atoms with Crippen molar-refractivity contribution in [1.29, 1.82) is 0 Å². The maximum absolute atomic E-state index is 13.2. The molecular weight excluding hydrogens is 337 g/mol. The minimum Gasteiger partial charge on any atom is -0.364 e. The van der Waals surface area contributed by atoms with Crippen LogP contribution in [0.2, 0.25) is 0 Å². The van der Waals surface area contributed by atoms with E-state index in [1.807, 2.05) is 0 Å². The van der Waals surface area contributed by atoms with E-state index in [9.17, 15) is 18.0 Å². The maximum atomic E-state index is 13.2. The fraction of sp³-hybridized carbons (Fsp3) is 0.0667. The Morgan fingerprint density at radius 2 is 2.00 bits per heavy atom. The van der Waals surface area contributed by atoms with Gasteiger partial charge in [0.05, 0.1) is 29.2 Å². The number of nitrogens with one attached hydrogen (secondary N) is 1. The van der Waals surface area contributed by atoms with Crippen LogP contribution in [0.15, 0.2) is 36.7 Å². The van der Waals surface area contributed by atoms with Crippen LogP contribution < -0.4 is 5.73 Å². The van der Waals surface area contributed by atoms with Gasteiger partial charge in [0.2, 0.25) is 0 Å². The molecule has 25 heavy (non-hydrogen) atoms. The van der Waals surface area contributed by atoms with E-state index < -0.39 is 17.6 Å². The number of alkyl halides is 3. The van der Waals surface area contributed by atoms with Gasteiger partial charge in [0.25, 0.3) is 5.91 Å². The average molecular weight is 346 g/mol. The molecule has 0 atom stereocenters. The molecule has 3 aromatic heterocycles. The molecule has 3 N–H and O–H groups in total. The Morgan fingerprint density at radius 3 is 2.72 bits per heavy atom. The van der Waals surface area contributed by atoms with Crippen LogP contribution in [-0.2, 0) is 6.18 Å². The molecule has 7 nitrogen and oxygen atoms in total. The van der Waals surface area contributed by atoms with Crippen molar-refractivity contribution in [3.63, 3.8) is 0 Å². The number of aromatic amines is 1. The Kier molecular flexibility index (Phi) is 3.04. The van der Waals surface area contributed by atoms with Gasteiger partial charge in [-0.25, -0.2) is 9.50 Å². The summed E-state index contributed by atoms with van der Waals surface area (Å²) in [5.41, 5.74) is 5.48. The minimum absolute atomic E-state index is 0.0258. The number of carbonyl (C=O) groups is 1. The number of hydrogen-bond donors (Lipinski definition) is 2. The quantitative estimate of drug-likeness (QED) is 0.582. The van der Waals surface area contributed by atoms with Crippen LogP contribution in [0.3, 0.4) is 0 Å². The molecule has 1 aromatic carbocycles. The summed E-state index contributed by atoms with van der Waals surface area (Å²) in [7, 11) is 0. The Balaban J connectivity index is 2.04. The van der Waals surface area contributed by atoms with Crippen LogP contribution in [0, 0.1) is 0 Å². The lowest BCUT2D eigenvalue weighted by atomic mass is 10.0. The maximum Gasteiger partial charge on any atom is 0.416 e. The van der Waals surface area contributed by atoms with Crippen LogP contribution in [0.5, 0.6) is 0 Å². The predicted molar refractivity (Wildman–Crippen MR) is 81.6 cm³/mol. The molecule has 0 saturated heterocycles. The van der Waals surface area contributed by atoms with Crippen molar-refractivity contribution in [1.82, 2.24) is 24.8 Å². The van der Waals surface area contributed by atoms with Gasteiger partial charge in [0.15, 0.2) is 5.65 Å². The number of benzene rings is 1. The van der Waals surface area contributed by atoms with Crippen molar-refractivity contribution in [2.45, 2.75) is 6.18 Å². The highest BCUT2D eigenvalue weighted by Gasteiger charge is 2.32. The molecule has 0 saturated carbocycles. The lowest BCUT2D eigenvalue weighted by Gasteiger charge is -2.10. The number of hydrogen-bond acceptors (Lipinski definition) is 4. The Labute approximate surface area is 137 Å². The zero-order chi connectivity index (χ0) is 17.8. The van der Waals surface area contributed by atoms with Gasteiger partial charge in [-0.05, 0) is 24.3 Å². The lowest BCUT2D eigenvalue weighted by Crippen LogP contribution is -2.15. The molecule has 0 aliphatic rings. The first kappa shape index (κ1) is 15.1. The van der Waals surface area contributed by atoms with Gasteiger partial charge < -0.3 is 5.73 Å². The van der Waals surface area contributed by atoms with Crippen molar-refractivity contribution >= 4 is 22.5 Å². The zero-order valence-electron chi connectivity index (χ0n) is 12.4. The Morgan fingerprint density at radius 1 is 1.20 bits per heavy atom. The zero-order valence-corrected chi connectivity index (χ0v) is 12.4. The molecular formula is C15H9F3N6O. The number of carbonyl (C=O) groups excluding carboxylic acids is 1. The second-order valence-electron chi connectivity index (χ2n) is 5.35. The van der Waals surface area contributed by atoms with Crippen LogP contribution in [0.25, 0.3) is 27.8 Å². The first-order chi connectivity index (χ1) is 11.8. The number of imidazole rings is 1. The average Bonchev–Trinajstić information content (AvgIpc) is 3.19. The summed E-state index contributed by atoms with van der Waals surface area (Å²) < 4.78 is 40.9. The fourth-order valence-corrected chi connectivity index (χ4v) is 2.62. The third-order valence-corrected chi connectivity index (χ3v) is 3.78. The number of nitrogens with zero attached hydrogens (tertiary/aromatic N) is 4. The number of H-pyrrole nitrogens is 1. The molecule has 0 aliphatic carbocycles. The Hall–Kier alpha value is -3.43. The van der Waals surface area contributed by atoms with Crippen molar-refractivity contribution in [2.75, 3.05) is 0 Å². The summed E-state index contributed by atoms with van der Waals surface area (Å²) >= 11 is 0. The molecule has 0 bridgehead atoms. The first-order valence-electron chi connectivity index (χ1n) is 7.04. The van der Waals surface area contributed by atoms with E-state index in [0.29, 0.717) is 11.0 Å². The first-order valence-corrected chi connectivity index (χ1v) is 7.04. The summed E-state index contributed by atoms with van der Waals surface area (Å²) in [6, 6.07) is 4.89. The number of nitrogens with two attached hydrogens (primary N) is 1. The number of fused-ring (bicyclic) bond motifs is 2. The second kappa shape index (κ2) is 5.03. The van der Waals surface area contributed by atoms with E-state index >= 15 is 0 Å². The van der Waals surface area contributed by atoms with Gasteiger partial charge in [-0.1, -0.05) is 0 Å². The highest BCUT2D eigenvalue weighted by atomic mass is 19.4. The minimum atomic E-state index is -4.53. The van der Waals surface area contributed by atoms with Crippen molar-refractivity contribution in [3.05, 3.63) is 47.9 Å². The van der Waals surface area contributed by atoms with Gasteiger partial charge in [-0.2, -0.15) is 23.4 Å². The monoisotopic (exact) mass is 346 g/mol. The summed E-state index contributed by atoms with van der Waals surface area (Å²) in [6.45, 7) is 0. The fourth-order valence-electron chi connectivity index (χ4n) is 2.62. The smallest absolute Gasteiger partial charge is 0.364 e. The largest absolute Gasteiger partial charge is 0.416 e. The molecule has 0 radical (unpaired) electrons. The van der Waals surface area contributed by atoms with E-state index in [4.69, 9.17) is 5.73 Å². The molecule has 126 valence electrons. The lowest BCUT2D eigenvalue weighted by molar-refractivity contribution is -0.137. The molecule has 4 rings (SSSR count). The van der Waals surface area contributed by atoms with Crippen LogP contribution >= 0.6 is 0 Å². The van der Waals surface area contributed by atoms with Crippen molar-refractivity contribution < 1.29 is 18.0 Å². The summed E-state index contributed by atoms with van der Waals surface area (Å²) in [6.07, 6.45) is -1.72. The van der Waals surface area contributed by atoms with Gasteiger partial charge in [0, 0.05) is 10.9 Å². The standard InChI is InChI=1S/C15H9F3N6O/c16-15(17,18)7-3-8(9-5-21-22-11(9)4-7)12-6-20-13-2-1-10(14(19)25)23-24(12)13/h1-6H,(H2,19,25)(H,21,22). The summed E-state index contributed by atoms with van der Waals surface area (Å²) in [5, 5.41) is 10.9. The number of aromatic nitrogens is 5. The predicted octanol–water partition coefficient (Wildman–Crippen LogP) is 2.39. The third kappa shape index (κ3) is 2.38. The van der Waals surface area contributed by atoms with Crippen LogP contribution in [0.4, 0.5) is 13.2 Å². The highest BCUT2D eigenvalue weighted by Crippen LogP contribution is 2.36. The summed E-state index contributed by atoms with van der Waals surface area (Å²) in [4.78, 5) is 15.4. The van der Waals surface area contributed by atoms with Gasteiger partial charge >= 0.3 is 6.18 Å². The molecule has 0 unspecified atom stereocenters. The van der Waals surface area contributed by atoms with Crippen molar-refractivity contribution in [2.24, 2.45) is 5.73 Å². The van der Waals surface area contributed by atoms with E-state index in [-0.39, 0.29) is 22.5 Å². The van der Waals surface area contributed by atoms with E-state index in [1.165, 1.54) is 29.0 Å².